The van der Waals surface area contributed by atoms with E-state index in [1.165, 1.54) is 71.3 Å². The number of para-hydroxylation sites is 2. The summed E-state index contributed by atoms with van der Waals surface area (Å²) < 4.78 is 4.90. The SMILES string of the molecule is N=C(Nc1cccc(-n2c3cc4c(cc3c3c5ccccc5ccc32)-n2c3ccccc3c3cccc(c32)-c2ccccc2-4)c1)c1ccccc1. The lowest BCUT2D eigenvalue weighted by Crippen LogP contribution is -2.11. The lowest BCUT2D eigenvalue weighted by atomic mass is 9.93. The minimum Gasteiger partial charge on any atom is -0.340 e. The van der Waals surface area contributed by atoms with E-state index in [0.29, 0.717) is 5.84 Å². The average Bonchev–Trinajstić information content (AvgIpc) is 3.66. The van der Waals surface area contributed by atoms with E-state index in [-0.39, 0.29) is 0 Å². The molecule has 238 valence electrons. The van der Waals surface area contributed by atoms with E-state index in [1.54, 1.807) is 0 Å². The van der Waals surface area contributed by atoms with E-state index in [9.17, 15) is 0 Å². The van der Waals surface area contributed by atoms with Gasteiger partial charge in [0.15, 0.2) is 0 Å². The summed E-state index contributed by atoms with van der Waals surface area (Å²) in [5, 5.41) is 19.6. The van der Waals surface area contributed by atoms with Gasteiger partial charge in [0.1, 0.15) is 5.84 Å². The van der Waals surface area contributed by atoms with Gasteiger partial charge in [-0.3, -0.25) is 5.41 Å². The molecule has 4 nitrogen and oxygen atoms in total. The van der Waals surface area contributed by atoms with Gasteiger partial charge in [-0.1, -0.05) is 127 Å². The van der Waals surface area contributed by atoms with Crippen LogP contribution in [0.15, 0.2) is 170 Å². The van der Waals surface area contributed by atoms with E-state index >= 15 is 0 Å². The number of rotatable bonds is 3. The van der Waals surface area contributed by atoms with Gasteiger partial charge in [0.25, 0.3) is 0 Å². The third kappa shape index (κ3) is 3.99. The van der Waals surface area contributed by atoms with Crippen LogP contribution in [0.25, 0.3) is 88.0 Å². The molecule has 8 aromatic carbocycles. The van der Waals surface area contributed by atoms with E-state index < -0.39 is 0 Å². The largest absolute Gasteiger partial charge is 0.340 e. The summed E-state index contributed by atoms with van der Waals surface area (Å²) in [5.41, 5.74) is 13.6. The highest BCUT2D eigenvalue weighted by atomic mass is 15.0. The monoisotopic (exact) mass is 650 g/mol. The molecule has 0 spiro atoms. The molecule has 0 atom stereocenters. The van der Waals surface area contributed by atoms with Crippen LogP contribution in [0, 0.1) is 5.41 Å². The quantitative estimate of drug-likeness (QED) is 0.145. The fraction of sp³-hybridized carbons (Fsp3) is 0. The van der Waals surface area contributed by atoms with Gasteiger partial charge in [-0.2, -0.15) is 0 Å². The molecule has 2 N–H and O–H groups in total. The van der Waals surface area contributed by atoms with Crippen LogP contribution in [-0.4, -0.2) is 15.0 Å². The van der Waals surface area contributed by atoms with Gasteiger partial charge in [-0.15, -0.1) is 0 Å². The van der Waals surface area contributed by atoms with Crippen LogP contribution in [0.4, 0.5) is 5.69 Å². The Hall–Kier alpha value is -6.91. The van der Waals surface area contributed by atoms with Crippen LogP contribution in [0.1, 0.15) is 5.56 Å². The van der Waals surface area contributed by atoms with Crippen LogP contribution in [0.2, 0.25) is 0 Å². The van der Waals surface area contributed by atoms with Crippen LogP contribution < -0.4 is 5.32 Å². The first-order chi connectivity index (χ1) is 25.2. The van der Waals surface area contributed by atoms with Crippen molar-refractivity contribution >= 4 is 65.9 Å². The van der Waals surface area contributed by atoms with Gasteiger partial charge < -0.3 is 14.5 Å². The first kappa shape index (κ1) is 28.0. The van der Waals surface area contributed by atoms with Crippen molar-refractivity contribution in [2.75, 3.05) is 5.32 Å². The van der Waals surface area contributed by atoms with Crippen molar-refractivity contribution in [2.24, 2.45) is 0 Å². The molecule has 0 amide bonds. The highest BCUT2D eigenvalue weighted by Crippen LogP contribution is 2.49. The van der Waals surface area contributed by atoms with E-state index in [1.807, 2.05) is 36.4 Å². The normalized spacial score (nSPS) is 12.0. The summed E-state index contributed by atoms with van der Waals surface area (Å²) in [6.45, 7) is 0. The molecule has 4 heteroatoms. The number of amidine groups is 1. The zero-order valence-corrected chi connectivity index (χ0v) is 27.6. The number of benzene rings is 8. The smallest absolute Gasteiger partial charge is 0.129 e. The molecule has 2 aromatic heterocycles. The topological polar surface area (TPSA) is 45.7 Å². The summed E-state index contributed by atoms with van der Waals surface area (Å²) in [5.74, 6) is 0.368. The maximum Gasteiger partial charge on any atom is 0.129 e. The molecule has 1 aliphatic heterocycles. The second-order valence-corrected chi connectivity index (χ2v) is 13.4. The third-order valence-corrected chi connectivity index (χ3v) is 10.7. The second-order valence-electron chi connectivity index (χ2n) is 13.4. The standard InChI is InChI=1S/C47H30N4/c48-47(30-13-2-1-3-14-30)49-31-15-10-16-32(26-31)50-42-25-24-29-12-4-5-17-33(29)45(42)40-28-43-39(27-44(40)50)35-19-7-6-18-34(35)37-21-11-22-38-36-20-8-9-23-41(36)51(43)46(37)38/h1-28H,(H2,48,49). The minimum absolute atomic E-state index is 0.368. The molecule has 0 bridgehead atoms. The molecule has 11 rings (SSSR count). The second kappa shape index (κ2) is 10.5. The van der Waals surface area contributed by atoms with Crippen molar-refractivity contribution in [1.29, 1.82) is 5.41 Å². The van der Waals surface area contributed by atoms with Crippen molar-refractivity contribution in [3.05, 3.63) is 175 Å². The van der Waals surface area contributed by atoms with Crippen LogP contribution in [-0.2, 0) is 0 Å². The van der Waals surface area contributed by atoms with Gasteiger partial charge in [0.2, 0.25) is 0 Å². The molecule has 0 saturated carbocycles. The Kier molecular flexibility index (Phi) is 5.78. The Morgan fingerprint density at radius 1 is 0.451 bits per heavy atom. The Bertz CT molecular complexity index is 3070. The van der Waals surface area contributed by atoms with E-state index in [2.05, 4.69) is 148 Å². The van der Waals surface area contributed by atoms with Gasteiger partial charge >= 0.3 is 0 Å². The Morgan fingerprint density at radius 2 is 1.16 bits per heavy atom. The fourth-order valence-corrected chi connectivity index (χ4v) is 8.48. The lowest BCUT2D eigenvalue weighted by Gasteiger charge is -2.15. The molecule has 0 fully saturated rings. The number of aromatic nitrogens is 2. The first-order valence-electron chi connectivity index (χ1n) is 17.4. The molecule has 3 heterocycles. The van der Waals surface area contributed by atoms with Crippen molar-refractivity contribution in [1.82, 2.24) is 9.13 Å². The first-order valence-corrected chi connectivity index (χ1v) is 17.4. The summed E-state index contributed by atoms with van der Waals surface area (Å²) in [7, 11) is 0. The number of nitrogens with one attached hydrogen (secondary N) is 2. The van der Waals surface area contributed by atoms with E-state index in [0.717, 1.165) is 28.0 Å². The summed E-state index contributed by atoms with van der Waals surface area (Å²) in [6.07, 6.45) is 0. The van der Waals surface area contributed by atoms with Gasteiger partial charge in [0.05, 0.1) is 27.8 Å². The molecule has 0 aliphatic carbocycles. The molecule has 1 aliphatic rings. The zero-order valence-electron chi connectivity index (χ0n) is 27.6. The summed E-state index contributed by atoms with van der Waals surface area (Å²) >= 11 is 0. The maximum absolute atomic E-state index is 8.79. The summed E-state index contributed by atoms with van der Waals surface area (Å²) in [6, 6.07) is 60.7. The lowest BCUT2D eigenvalue weighted by molar-refractivity contribution is 1.17. The highest BCUT2D eigenvalue weighted by Gasteiger charge is 2.26. The van der Waals surface area contributed by atoms with Crippen LogP contribution in [0.3, 0.4) is 0 Å². The Labute approximate surface area is 294 Å². The predicted molar refractivity (Wildman–Crippen MR) is 214 cm³/mol. The van der Waals surface area contributed by atoms with Crippen molar-refractivity contribution in [2.45, 2.75) is 0 Å². The number of hydrogen-bond acceptors (Lipinski definition) is 1. The van der Waals surface area contributed by atoms with Crippen molar-refractivity contribution in [3.63, 3.8) is 0 Å². The molecule has 51 heavy (non-hydrogen) atoms. The molecule has 0 radical (unpaired) electrons. The highest BCUT2D eigenvalue weighted by molar-refractivity contribution is 6.24. The Balaban J connectivity index is 1.25. The van der Waals surface area contributed by atoms with Gasteiger partial charge in [0, 0.05) is 49.6 Å². The predicted octanol–water partition coefficient (Wildman–Crippen LogP) is 12.1. The maximum atomic E-state index is 8.79. The number of fused-ring (bicyclic) bond motifs is 13. The minimum atomic E-state index is 0.368. The number of nitrogens with zero attached hydrogens (tertiary/aromatic N) is 2. The van der Waals surface area contributed by atoms with Crippen LogP contribution in [0.5, 0.6) is 0 Å². The molecular formula is C47H30N4. The fourth-order valence-electron chi connectivity index (χ4n) is 8.48. The molecule has 10 aromatic rings. The molecule has 0 unspecified atom stereocenters. The van der Waals surface area contributed by atoms with E-state index in [4.69, 9.17) is 5.41 Å². The van der Waals surface area contributed by atoms with Crippen molar-refractivity contribution in [3.8, 4) is 33.6 Å². The Morgan fingerprint density at radius 3 is 2.04 bits per heavy atom. The van der Waals surface area contributed by atoms with Crippen LogP contribution >= 0.6 is 0 Å². The third-order valence-electron chi connectivity index (χ3n) is 10.7. The number of hydrogen-bond donors (Lipinski definition) is 2. The molecular weight excluding hydrogens is 621 g/mol. The molecule has 0 saturated heterocycles. The number of anilines is 1. The summed E-state index contributed by atoms with van der Waals surface area (Å²) in [4.78, 5) is 0. The van der Waals surface area contributed by atoms with Gasteiger partial charge in [-0.05, 0) is 64.4 Å². The average molecular weight is 651 g/mol. The van der Waals surface area contributed by atoms with Crippen molar-refractivity contribution < 1.29 is 0 Å². The van der Waals surface area contributed by atoms with Gasteiger partial charge in [-0.25, -0.2) is 0 Å². The zero-order chi connectivity index (χ0) is 33.6.